The third kappa shape index (κ3) is 4.72. The van der Waals surface area contributed by atoms with Crippen molar-refractivity contribution in [3.8, 4) is 5.75 Å². The Labute approximate surface area is 105 Å². The summed E-state index contributed by atoms with van der Waals surface area (Å²) in [6.45, 7) is 1.66. The second kappa shape index (κ2) is 8.05. The summed E-state index contributed by atoms with van der Waals surface area (Å²) in [5.74, 6) is 1.00. The average molecular weight is 262 g/mol. The van der Waals surface area contributed by atoms with Gasteiger partial charge in [0.05, 0.1) is 20.3 Å². The van der Waals surface area contributed by atoms with Crippen LogP contribution in [-0.2, 0) is 4.74 Å². The quantitative estimate of drug-likeness (QED) is 0.536. The molecule has 0 aromatic carbocycles. The van der Waals surface area contributed by atoms with Crippen LogP contribution in [0.2, 0.25) is 5.15 Å². The van der Waals surface area contributed by atoms with Gasteiger partial charge in [-0.25, -0.2) is 9.97 Å². The van der Waals surface area contributed by atoms with Crippen molar-refractivity contribution in [2.75, 3.05) is 38.8 Å². The molecule has 1 heterocycles. The maximum absolute atomic E-state index is 8.51. The first kappa shape index (κ1) is 14.0. The van der Waals surface area contributed by atoms with Crippen molar-refractivity contribution in [1.82, 2.24) is 9.97 Å². The molecule has 0 atom stereocenters. The number of halogens is 1. The monoisotopic (exact) mass is 261 g/mol. The molecule has 1 rings (SSSR count). The normalized spacial score (nSPS) is 10.3. The Hall–Kier alpha value is -1.11. The van der Waals surface area contributed by atoms with Gasteiger partial charge in [0.1, 0.15) is 6.33 Å². The Bertz CT molecular complexity index is 339. The maximum atomic E-state index is 8.51. The topological polar surface area (TPSA) is 76.5 Å². The van der Waals surface area contributed by atoms with Gasteiger partial charge < -0.3 is 19.9 Å². The highest BCUT2D eigenvalue weighted by Gasteiger charge is 2.08. The van der Waals surface area contributed by atoms with Crippen LogP contribution in [0.4, 0.5) is 5.82 Å². The van der Waals surface area contributed by atoms with Crippen LogP contribution in [-0.4, -0.2) is 48.5 Å². The summed E-state index contributed by atoms with van der Waals surface area (Å²) in [5, 5.41) is 11.9. The van der Waals surface area contributed by atoms with Gasteiger partial charge in [-0.05, 0) is 6.42 Å². The number of rotatable bonds is 8. The number of anilines is 1. The molecule has 0 fully saturated rings. The second-order valence-corrected chi connectivity index (χ2v) is 3.52. The van der Waals surface area contributed by atoms with Crippen molar-refractivity contribution in [2.45, 2.75) is 6.42 Å². The predicted octanol–water partition coefficient (Wildman–Crippen LogP) is 0.949. The SMILES string of the molecule is COc1c(Cl)ncnc1NCCCOCCO. The summed E-state index contributed by atoms with van der Waals surface area (Å²) in [7, 11) is 1.51. The minimum atomic E-state index is 0.0444. The molecule has 0 unspecified atom stereocenters. The van der Waals surface area contributed by atoms with E-state index in [0.29, 0.717) is 31.3 Å². The van der Waals surface area contributed by atoms with E-state index in [9.17, 15) is 0 Å². The largest absolute Gasteiger partial charge is 0.490 e. The van der Waals surface area contributed by atoms with Gasteiger partial charge >= 0.3 is 0 Å². The highest BCUT2D eigenvalue weighted by molar-refractivity contribution is 6.31. The Kier molecular flexibility index (Phi) is 6.61. The van der Waals surface area contributed by atoms with Crippen LogP contribution >= 0.6 is 11.6 Å². The molecular formula is C10H16ClN3O3. The first-order valence-corrected chi connectivity index (χ1v) is 5.64. The van der Waals surface area contributed by atoms with Crippen LogP contribution < -0.4 is 10.1 Å². The lowest BCUT2D eigenvalue weighted by Crippen LogP contribution is -2.09. The standard InChI is InChI=1S/C10H16ClN3O3/c1-16-8-9(11)13-7-14-10(8)12-3-2-5-17-6-4-15/h7,15H,2-6H2,1H3,(H,12,13,14). The predicted molar refractivity (Wildman–Crippen MR) is 64.6 cm³/mol. The third-order valence-electron chi connectivity index (χ3n) is 1.96. The zero-order valence-corrected chi connectivity index (χ0v) is 10.4. The highest BCUT2D eigenvalue weighted by Crippen LogP contribution is 2.27. The first-order chi connectivity index (χ1) is 8.29. The van der Waals surface area contributed by atoms with Crippen LogP contribution in [0.15, 0.2) is 6.33 Å². The molecule has 0 spiro atoms. The molecule has 2 N–H and O–H groups in total. The summed E-state index contributed by atoms with van der Waals surface area (Å²) in [6, 6.07) is 0. The van der Waals surface area contributed by atoms with E-state index in [1.807, 2.05) is 0 Å². The molecule has 96 valence electrons. The van der Waals surface area contributed by atoms with E-state index in [1.54, 1.807) is 0 Å². The van der Waals surface area contributed by atoms with Crippen LogP contribution in [0.3, 0.4) is 0 Å². The van der Waals surface area contributed by atoms with Crippen molar-refractivity contribution in [3.63, 3.8) is 0 Å². The number of aliphatic hydroxyl groups excluding tert-OH is 1. The number of nitrogens with zero attached hydrogens (tertiary/aromatic N) is 2. The Morgan fingerprint density at radius 3 is 2.94 bits per heavy atom. The molecular weight excluding hydrogens is 246 g/mol. The Morgan fingerprint density at radius 2 is 2.24 bits per heavy atom. The van der Waals surface area contributed by atoms with Gasteiger partial charge in [-0.15, -0.1) is 0 Å². The minimum Gasteiger partial charge on any atom is -0.490 e. The van der Waals surface area contributed by atoms with E-state index >= 15 is 0 Å². The van der Waals surface area contributed by atoms with Crippen LogP contribution in [0, 0.1) is 0 Å². The van der Waals surface area contributed by atoms with Gasteiger partial charge in [0.15, 0.2) is 16.7 Å². The third-order valence-corrected chi connectivity index (χ3v) is 2.23. The maximum Gasteiger partial charge on any atom is 0.198 e. The second-order valence-electron chi connectivity index (χ2n) is 3.16. The molecule has 0 aliphatic heterocycles. The number of nitrogens with one attached hydrogen (secondary N) is 1. The number of aromatic nitrogens is 2. The van der Waals surface area contributed by atoms with E-state index in [1.165, 1.54) is 13.4 Å². The lowest BCUT2D eigenvalue weighted by atomic mass is 10.4. The number of methoxy groups -OCH3 is 1. The van der Waals surface area contributed by atoms with E-state index in [0.717, 1.165) is 6.42 Å². The van der Waals surface area contributed by atoms with Gasteiger partial charge in [0, 0.05) is 13.2 Å². The molecule has 0 saturated heterocycles. The molecule has 0 saturated carbocycles. The fourth-order valence-corrected chi connectivity index (χ4v) is 1.42. The summed E-state index contributed by atoms with van der Waals surface area (Å²) in [5.41, 5.74) is 0. The lowest BCUT2D eigenvalue weighted by Gasteiger charge is -2.10. The molecule has 1 aromatic rings. The van der Waals surface area contributed by atoms with Crippen molar-refractivity contribution < 1.29 is 14.6 Å². The van der Waals surface area contributed by atoms with Gasteiger partial charge in [0.25, 0.3) is 0 Å². The van der Waals surface area contributed by atoms with E-state index in [-0.39, 0.29) is 11.8 Å². The molecule has 0 aliphatic carbocycles. The van der Waals surface area contributed by atoms with Crippen LogP contribution in [0.25, 0.3) is 0 Å². The number of hydrogen-bond acceptors (Lipinski definition) is 6. The van der Waals surface area contributed by atoms with Crippen molar-refractivity contribution >= 4 is 17.4 Å². The van der Waals surface area contributed by atoms with Gasteiger partial charge in [-0.2, -0.15) is 0 Å². The first-order valence-electron chi connectivity index (χ1n) is 5.26. The molecule has 7 heteroatoms. The molecule has 1 aromatic heterocycles. The van der Waals surface area contributed by atoms with Gasteiger partial charge in [-0.3, -0.25) is 0 Å². The van der Waals surface area contributed by atoms with Crippen molar-refractivity contribution in [3.05, 3.63) is 11.5 Å². The molecule has 17 heavy (non-hydrogen) atoms. The zero-order chi connectivity index (χ0) is 12.5. The smallest absolute Gasteiger partial charge is 0.198 e. The average Bonchev–Trinajstić information content (AvgIpc) is 2.34. The number of hydrogen-bond donors (Lipinski definition) is 2. The molecule has 6 nitrogen and oxygen atoms in total. The summed E-state index contributed by atoms with van der Waals surface area (Å²) >= 11 is 5.84. The van der Waals surface area contributed by atoms with Gasteiger partial charge in [0.2, 0.25) is 0 Å². The Morgan fingerprint density at radius 1 is 1.41 bits per heavy atom. The van der Waals surface area contributed by atoms with E-state index in [4.69, 9.17) is 26.2 Å². The molecule has 0 aliphatic rings. The summed E-state index contributed by atoms with van der Waals surface area (Å²) in [6.07, 6.45) is 2.17. The van der Waals surface area contributed by atoms with Gasteiger partial charge in [-0.1, -0.05) is 11.6 Å². The lowest BCUT2D eigenvalue weighted by molar-refractivity contribution is 0.0922. The Balaban J connectivity index is 2.33. The molecule has 0 radical (unpaired) electrons. The number of aliphatic hydroxyl groups is 1. The fraction of sp³-hybridized carbons (Fsp3) is 0.600. The highest BCUT2D eigenvalue weighted by atomic mass is 35.5. The van der Waals surface area contributed by atoms with E-state index in [2.05, 4.69) is 15.3 Å². The molecule has 0 amide bonds. The minimum absolute atomic E-state index is 0.0444. The summed E-state index contributed by atoms with van der Waals surface area (Å²) in [4.78, 5) is 7.85. The summed E-state index contributed by atoms with van der Waals surface area (Å²) < 4.78 is 10.2. The van der Waals surface area contributed by atoms with Crippen LogP contribution in [0.1, 0.15) is 6.42 Å². The van der Waals surface area contributed by atoms with E-state index < -0.39 is 0 Å². The van der Waals surface area contributed by atoms with Crippen molar-refractivity contribution in [1.29, 1.82) is 0 Å². The van der Waals surface area contributed by atoms with Crippen molar-refractivity contribution in [2.24, 2.45) is 0 Å². The fourth-order valence-electron chi connectivity index (χ4n) is 1.21. The molecule has 0 bridgehead atoms. The zero-order valence-electron chi connectivity index (χ0n) is 9.65. The number of ether oxygens (including phenoxy) is 2. The van der Waals surface area contributed by atoms with Crippen LogP contribution in [0.5, 0.6) is 5.75 Å².